The molecule has 0 bridgehead atoms. The SMILES string of the molecule is CCC(C)CCCCCCCCCCCCc1cc(O)cc(OS(=O)(=O)O)c1. The van der Waals surface area contributed by atoms with E-state index in [0.717, 1.165) is 30.7 Å². The van der Waals surface area contributed by atoms with Crippen molar-refractivity contribution in [2.45, 2.75) is 97.3 Å². The second kappa shape index (κ2) is 13.8. The highest BCUT2D eigenvalue weighted by atomic mass is 32.3. The predicted molar refractivity (Wildman–Crippen MR) is 114 cm³/mol. The fraction of sp³-hybridized carbons (Fsp3) is 0.727. The lowest BCUT2D eigenvalue weighted by molar-refractivity contribution is 0.385. The number of unbranched alkanes of at least 4 members (excludes halogenated alkanes) is 9. The molecular formula is C22H38O5S. The second-order valence-corrected chi connectivity index (χ2v) is 8.96. The summed E-state index contributed by atoms with van der Waals surface area (Å²) in [5, 5.41) is 9.65. The number of phenolic OH excluding ortho intramolecular Hbond substituents is 1. The minimum Gasteiger partial charge on any atom is -0.508 e. The van der Waals surface area contributed by atoms with E-state index in [1.807, 2.05) is 0 Å². The number of hydrogen-bond donors (Lipinski definition) is 2. The number of hydrogen-bond acceptors (Lipinski definition) is 4. The molecule has 0 fully saturated rings. The Balaban J connectivity index is 2.06. The molecule has 5 nitrogen and oxygen atoms in total. The van der Waals surface area contributed by atoms with Crippen molar-refractivity contribution in [1.29, 1.82) is 0 Å². The topological polar surface area (TPSA) is 83.8 Å². The Morgan fingerprint density at radius 2 is 1.43 bits per heavy atom. The van der Waals surface area contributed by atoms with Crippen LogP contribution >= 0.6 is 0 Å². The van der Waals surface area contributed by atoms with Crippen LogP contribution in [-0.4, -0.2) is 18.1 Å². The summed E-state index contributed by atoms with van der Waals surface area (Å²) in [5.74, 6) is 0.739. The largest absolute Gasteiger partial charge is 0.508 e. The van der Waals surface area contributed by atoms with Gasteiger partial charge in [0.2, 0.25) is 0 Å². The maximum Gasteiger partial charge on any atom is 0.446 e. The molecule has 0 heterocycles. The fourth-order valence-electron chi connectivity index (χ4n) is 3.40. The summed E-state index contributed by atoms with van der Waals surface area (Å²) >= 11 is 0. The molecule has 1 aromatic rings. The van der Waals surface area contributed by atoms with Gasteiger partial charge in [0, 0.05) is 6.07 Å². The van der Waals surface area contributed by atoms with E-state index in [4.69, 9.17) is 4.55 Å². The standard InChI is InChI=1S/C22H38O5S/c1-3-19(2)14-12-10-8-6-4-5-7-9-11-13-15-20-16-21(23)18-22(17-20)27-28(24,25)26/h16-19,23H,3-15H2,1-2H3,(H,24,25,26). The van der Waals surface area contributed by atoms with Crippen molar-refractivity contribution in [1.82, 2.24) is 0 Å². The maximum atomic E-state index is 10.8. The molecule has 0 amide bonds. The van der Waals surface area contributed by atoms with Crippen molar-refractivity contribution >= 4 is 10.4 Å². The molecule has 0 saturated carbocycles. The Bertz CT molecular complexity index is 642. The molecule has 1 aromatic carbocycles. The van der Waals surface area contributed by atoms with Gasteiger partial charge in [0.25, 0.3) is 0 Å². The average molecular weight is 415 g/mol. The first kappa shape index (κ1) is 24.8. The van der Waals surface area contributed by atoms with Crippen molar-refractivity contribution in [2.75, 3.05) is 0 Å². The minimum absolute atomic E-state index is 0.0679. The van der Waals surface area contributed by atoms with Crippen LogP contribution < -0.4 is 4.18 Å². The molecule has 0 aliphatic rings. The zero-order valence-electron chi connectivity index (χ0n) is 17.5. The van der Waals surface area contributed by atoms with Gasteiger partial charge in [0.05, 0.1) is 0 Å². The summed E-state index contributed by atoms with van der Waals surface area (Å²) in [4.78, 5) is 0. The van der Waals surface area contributed by atoms with Crippen molar-refractivity contribution in [3.05, 3.63) is 23.8 Å². The number of aryl methyl sites for hydroxylation is 1. The van der Waals surface area contributed by atoms with Crippen molar-refractivity contribution < 1.29 is 22.3 Å². The van der Waals surface area contributed by atoms with Gasteiger partial charge in [0.15, 0.2) is 0 Å². The van der Waals surface area contributed by atoms with E-state index in [9.17, 15) is 13.5 Å². The first-order valence-electron chi connectivity index (χ1n) is 10.8. The molecule has 1 rings (SSSR count). The van der Waals surface area contributed by atoms with Gasteiger partial charge in [0.1, 0.15) is 11.5 Å². The quantitative estimate of drug-likeness (QED) is 0.240. The highest BCUT2D eigenvalue weighted by Crippen LogP contribution is 2.24. The van der Waals surface area contributed by atoms with E-state index in [1.54, 1.807) is 6.07 Å². The average Bonchev–Trinajstić information content (AvgIpc) is 2.60. The smallest absolute Gasteiger partial charge is 0.446 e. The van der Waals surface area contributed by atoms with E-state index in [0.29, 0.717) is 0 Å². The molecule has 0 aromatic heterocycles. The lowest BCUT2D eigenvalue weighted by Gasteiger charge is -2.08. The Kier molecular flexibility index (Phi) is 12.2. The van der Waals surface area contributed by atoms with Gasteiger partial charge < -0.3 is 9.29 Å². The normalized spacial score (nSPS) is 12.8. The van der Waals surface area contributed by atoms with Crippen molar-refractivity contribution in [2.24, 2.45) is 5.92 Å². The minimum atomic E-state index is -4.57. The van der Waals surface area contributed by atoms with E-state index in [1.165, 1.54) is 76.3 Å². The van der Waals surface area contributed by atoms with Crippen molar-refractivity contribution in [3.63, 3.8) is 0 Å². The van der Waals surface area contributed by atoms with Gasteiger partial charge in [-0.1, -0.05) is 84.5 Å². The van der Waals surface area contributed by atoms with Gasteiger partial charge in [-0.2, -0.15) is 8.42 Å². The van der Waals surface area contributed by atoms with Gasteiger partial charge >= 0.3 is 10.4 Å². The Labute approximate surface area is 171 Å². The van der Waals surface area contributed by atoms with Gasteiger partial charge in [-0.05, 0) is 36.5 Å². The van der Waals surface area contributed by atoms with Crippen LogP contribution in [0.2, 0.25) is 0 Å². The zero-order chi connectivity index (χ0) is 20.8. The summed E-state index contributed by atoms with van der Waals surface area (Å²) < 4.78 is 34.7. The Morgan fingerprint density at radius 1 is 0.893 bits per heavy atom. The van der Waals surface area contributed by atoms with Crippen LogP contribution in [0.15, 0.2) is 18.2 Å². The lowest BCUT2D eigenvalue weighted by Crippen LogP contribution is -2.06. The molecule has 0 radical (unpaired) electrons. The van der Waals surface area contributed by atoms with Gasteiger partial charge in [-0.3, -0.25) is 4.55 Å². The Hall–Kier alpha value is -1.27. The molecule has 0 spiro atoms. The number of aromatic hydroxyl groups is 1. The molecule has 2 N–H and O–H groups in total. The molecule has 28 heavy (non-hydrogen) atoms. The highest BCUT2D eigenvalue weighted by molar-refractivity contribution is 7.81. The molecule has 1 atom stereocenters. The number of phenols is 1. The summed E-state index contributed by atoms with van der Waals surface area (Å²) in [6, 6.07) is 4.30. The third-order valence-corrected chi connectivity index (χ3v) is 5.66. The first-order valence-corrected chi connectivity index (χ1v) is 12.2. The van der Waals surface area contributed by atoms with Gasteiger partial charge in [-0.15, -0.1) is 0 Å². The first-order chi connectivity index (χ1) is 13.3. The van der Waals surface area contributed by atoms with Crippen LogP contribution in [-0.2, 0) is 16.8 Å². The lowest BCUT2D eigenvalue weighted by atomic mass is 9.99. The summed E-state index contributed by atoms with van der Waals surface area (Å²) in [6.07, 6.45) is 16.0. The number of benzene rings is 1. The summed E-state index contributed by atoms with van der Waals surface area (Å²) in [6.45, 7) is 4.61. The van der Waals surface area contributed by atoms with Crippen LogP contribution in [0, 0.1) is 5.92 Å². The van der Waals surface area contributed by atoms with Crippen LogP contribution in [0.3, 0.4) is 0 Å². The third-order valence-electron chi connectivity index (χ3n) is 5.26. The molecule has 0 saturated heterocycles. The second-order valence-electron chi connectivity index (χ2n) is 7.93. The highest BCUT2D eigenvalue weighted by Gasteiger charge is 2.09. The molecule has 0 aliphatic carbocycles. The summed E-state index contributed by atoms with van der Waals surface area (Å²) in [7, 11) is -4.57. The Morgan fingerprint density at radius 3 is 1.96 bits per heavy atom. The molecule has 1 unspecified atom stereocenters. The van der Waals surface area contributed by atoms with E-state index >= 15 is 0 Å². The fourth-order valence-corrected chi connectivity index (χ4v) is 3.74. The van der Waals surface area contributed by atoms with E-state index < -0.39 is 10.4 Å². The van der Waals surface area contributed by atoms with Crippen LogP contribution in [0.1, 0.15) is 96.5 Å². The zero-order valence-corrected chi connectivity index (χ0v) is 18.3. The number of rotatable bonds is 16. The third kappa shape index (κ3) is 13.0. The van der Waals surface area contributed by atoms with E-state index in [-0.39, 0.29) is 11.5 Å². The van der Waals surface area contributed by atoms with Gasteiger partial charge in [-0.25, -0.2) is 0 Å². The molecule has 6 heteroatoms. The van der Waals surface area contributed by atoms with Crippen LogP contribution in [0.5, 0.6) is 11.5 Å². The summed E-state index contributed by atoms with van der Waals surface area (Å²) in [5.41, 5.74) is 0.802. The maximum absolute atomic E-state index is 10.8. The van der Waals surface area contributed by atoms with E-state index in [2.05, 4.69) is 18.0 Å². The molecular weight excluding hydrogens is 376 g/mol. The molecule has 162 valence electrons. The molecule has 0 aliphatic heterocycles. The predicted octanol–water partition coefficient (Wildman–Crippen LogP) is 6.45. The van der Waals surface area contributed by atoms with Crippen LogP contribution in [0.25, 0.3) is 0 Å². The van der Waals surface area contributed by atoms with Crippen LogP contribution in [0.4, 0.5) is 0 Å². The van der Waals surface area contributed by atoms with Crippen molar-refractivity contribution in [3.8, 4) is 11.5 Å². The monoisotopic (exact) mass is 414 g/mol.